The van der Waals surface area contributed by atoms with Crippen LogP contribution < -0.4 is 10.4 Å². The summed E-state index contributed by atoms with van der Waals surface area (Å²) in [6.45, 7) is 2.00. The SMILES string of the molecule is CONC(=O)C1CC(=O)N(c2ccc(C)cc2)C1c1cccs1. The molecule has 2 amide bonds. The number of hydrogen-bond donors (Lipinski definition) is 1. The van der Waals surface area contributed by atoms with Crippen LogP contribution >= 0.6 is 11.3 Å². The van der Waals surface area contributed by atoms with Gasteiger partial charge in [-0.3, -0.25) is 14.4 Å². The molecule has 1 aromatic heterocycles. The van der Waals surface area contributed by atoms with Gasteiger partial charge in [0.15, 0.2) is 0 Å². The van der Waals surface area contributed by atoms with Gasteiger partial charge >= 0.3 is 0 Å². The Hall–Kier alpha value is -2.18. The van der Waals surface area contributed by atoms with Crippen LogP contribution in [0.1, 0.15) is 22.9 Å². The first-order chi connectivity index (χ1) is 11.1. The molecule has 1 aromatic carbocycles. The van der Waals surface area contributed by atoms with Crippen molar-refractivity contribution in [2.45, 2.75) is 19.4 Å². The third kappa shape index (κ3) is 3.00. The van der Waals surface area contributed by atoms with E-state index in [1.165, 1.54) is 7.11 Å². The molecular formula is C17H18N2O3S. The quantitative estimate of drug-likeness (QED) is 0.877. The van der Waals surface area contributed by atoms with Crippen molar-refractivity contribution in [1.29, 1.82) is 0 Å². The van der Waals surface area contributed by atoms with Crippen molar-refractivity contribution in [2.75, 3.05) is 12.0 Å². The maximum Gasteiger partial charge on any atom is 0.249 e. The van der Waals surface area contributed by atoms with E-state index in [4.69, 9.17) is 4.84 Å². The molecule has 2 heterocycles. The lowest BCUT2D eigenvalue weighted by atomic mass is 9.98. The predicted molar refractivity (Wildman–Crippen MR) is 89.0 cm³/mol. The highest BCUT2D eigenvalue weighted by Gasteiger charge is 2.45. The van der Waals surface area contributed by atoms with Gasteiger partial charge in [-0.1, -0.05) is 23.8 Å². The Balaban J connectivity index is 2.01. The Morgan fingerprint density at radius 3 is 2.65 bits per heavy atom. The first kappa shape index (κ1) is 15.7. The fourth-order valence-corrected chi connectivity index (χ4v) is 3.82. The van der Waals surface area contributed by atoms with E-state index in [0.717, 1.165) is 16.1 Å². The van der Waals surface area contributed by atoms with E-state index >= 15 is 0 Å². The number of carbonyl (C=O) groups is 2. The van der Waals surface area contributed by atoms with Crippen LogP contribution in [0, 0.1) is 12.8 Å². The van der Waals surface area contributed by atoms with E-state index in [1.54, 1.807) is 16.2 Å². The molecule has 3 rings (SSSR count). The van der Waals surface area contributed by atoms with Crippen molar-refractivity contribution in [3.63, 3.8) is 0 Å². The molecule has 5 nitrogen and oxygen atoms in total. The summed E-state index contributed by atoms with van der Waals surface area (Å²) in [4.78, 5) is 32.4. The van der Waals surface area contributed by atoms with Crippen LogP contribution in [0.15, 0.2) is 41.8 Å². The molecule has 0 spiro atoms. The number of carbonyl (C=O) groups excluding carboxylic acids is 2. The van der Waals surface area contributed by atoms with E-state index in [1.807, 2.05) is 48.7 Å². The number of nitrogens with one attached hydrogen (secondary N) is 1. The minimum absolute atomic E-state index is 0.0523. The average molecular weight is 330 g/mol. The van der Waals surface area contributed by atoms with Gasteiger partial charge in [0, 0.05) is 17.0 Å². The largest absolute Gasteiger partial charge is 0.303 e. The maximum atomic E-state index is 12.6. The molecule has 1 fully saturated rings. The van der Waals surface area contributed by atoms with Gasteiger partial charge in [0.1, 0.15) is 0 Å². The Morgan fingerprint density at radius 2 is 2.04 bits per heavy atom. The lowest BCUT2D eigenvalue weighted by molar-refractivity contribution is -0.136. The Morgan fingerprint density at radius 1 is 1.30 bits per heavy atom. The molecule has 23 heavy (non-hydrogen) atoms. The molecule has 1 aliphatic heterocycles. The second-order valence-electron chi connectivity index (χ2n) is 5.54. The van der Waals surface area contributed by atoms with E-state index in [0.29, 0.717) is 0 Å². The van der Waals surface area contributed by atoms with Crippen LogP contribution in [-0.2, 0) is 14.4 Å². The van der Waals surface area contributed by atoms with Crippen LogP contribution in [0.3, 0.4) is 0 Å². The lowest BCUT2D eigenvalue weighted by Gasteiger charge is -2.27. The molecule has 1 saturated heterocycles. The van der Waals surface area contributed by atoms with E-state index in [-0.39, 0.29) is 24.3 Å². The highest BCUT2D eigenvalue weighted by molar-refractivity contribution is 7.10. The summed E-state index contributed by atoms with van der Waals surface area (Å²) in [6, 6.07) is 11.4. The van der Waals surface area contributed by atoms with Gasteiger partial charge in [-0.05, 0) is 30.5 Å². The summed E-state index contributed by atoms with van der Waals surface area (Å²) in [5, 5.41) is 1.96. The molecule has 1 N–H and O–H groups in total. The fraction of sp³-hybridized carbons (Fsp3) is 0.294. The molecule has 2 aromatic rings. The third-order valence-electron chi connectivity index (χ3n) is 4.01. The number of hydroxylamine groups is 1. The second kappa shape index (κ2) is 6.52. The van der Waals surface area contributed by atoms with E-state index < -0.39 is 5.92 Å². The summed E-state index contributed by atoms with van der Waals surface area (Å²) in [5.74, 6) is -0.792. The summed E-state index contributed by atoms with van der Waals surface area (Å²) in [7, 11) is 1.40. The van der Waals surface area contributed by atoms with Crippen LogP contribution in [0.5, 0.6) is 0 Å². The van der Waals surface area contributed by atoms with Gasteiger partial charge in [0.2, 0.25) is 11.8 Å². The zero-order valence-electron chi connectivity index (χ0n) is 13.0. The second-order valence-corrected chi connectivity index (χ2v) is 6.52. The molecule has 0 aliphatic carbocycles. The molecule has 0 saturated carbocycles. The highest BCUT2D eigenvalue weighted by Crippen LogP contribution is 2.42. The minimum atomic E-state index is -0.470. The number of anilines is 1. The summed E-state index contributed by atoms with van der Waals surface area (Å²) in [5.41, 5.74) is 4.31. The number of hydrogen-bond acceptors (Lipinski definition) is 4. The fourth-order valence-electron chi connectivity index (χ4n) is 2.94. The minimum Gasteiger partial charge on any atom is -0.303 e. The first-order valence-electron chi connectivity index (χ1n) is 7.37. The van der Waals surface area contributed by atoms with Crippen LogP contribution in [0.2, 0.25) is 0 Å². The van der Waals surface area contributed by atoms with Gasteiger partial charge in [-0.2, -0.15) is 0 Å². The van der Waals surface area contributed by atoms with Crippen molar-refractivity contribution < 1.29 is 14.4 Å². The molecule has 2 atom stereocenters. The van der Waals surface area contributed by atoms with Gasteiger partial charge in [-0.15, -0.1) is 11.3 Å². The molecule has 120 valence electrons. The van der Waals surface area contributed by atoms with Crippen molar-refractivity contribution in [3.05, 3.63) is 52.2 Å². The number of nitrogens with zero attached hydrogens (tertiary/aromatic N) is 1. The van der Waals surface area contributed by atoms with Gasteiger partial charge in [0.05, 0.1) is 19.1 Å². The van der Waals surface area contributed by atoms with Crippen LogP contribution in [0.25, 0.3) is 0 Å². The normalized spacial score (nSPS) is 20.8. The van der Waals surface area contributed by atoms with E-state index in [9.17, 15) is 9.59 Å². The molecular weight excluding hydrogens is 312 g/mol. The number of rotatable bonds is 4. The van der Waals surface area contributed by atoms with Crippen molar-refractivity contribution >= 4 is 28.8 Å². The summed E-state index contributed by atoms with van der Waals surface area (Å²) in [6.07, 6.45) is 0.172. The zero-order valence-corrected chi connectivity index (χ0v) is 13.8. The van der Waals surface area contributed by atoms with Crippen molar-refractivity contribution in [2.24, 2.45) is 5.92 Å². The average Bonchev–Trinajstić information content (AvgIpc) is 3.16. The Bertz CT molecular complexity index is 697. The number of benzene rings is 1. The Kier molecular flexibility index (Phi) is 4.45. The standard InChI is InChI=1S/C17H18N2O3S/c1-11-5-7-12(8-6-11)19-15(20)10-13(17(21)18-22-2)16(19)14-4-3-9-23-14/h3-9,13,16H,10H2,1-2H3,(H,18,21). The Labute approximate surface area is 138 Å². The number of amides is 2. The first-order valence-corrected chi connectivity index (χ1v) is 8.24. The summed E-state index contributed by atoms with van der Waals surface area (Å²) < 4.78 is 0. The molecule has 2 unspecified atom stereocenters. The van der Waals surface area contributed by atoms with E-state index in [2.05, 4.69) is 5.48 Å². The van der Waals surface area contributed by atoms with Gasteiger partial charge < -0.3 is 4.90 Å². The topological polar surface area (TPSA) is 58.6 Å². The zero-order chi connectivity index (χ0) is 16.4. The maximum absolute atomic E-state index is 12.6. The predicted octanol–water partition coefficient (Wildman–Crippen LogP) is 2.83. The van der Waals surface area contributed by atoms with Crippen LogP contribution in [0.4, 0.5) is 5.69 Å². The smallest absolute Gasteiger partial charge is 0.249 e. The molecule has 6 heteroatoms. The van der Waals surface area contributed by atoms with Crippen molar-refractivity contribution in [1.82, 2.24) is 5.48 Å². The van der Waals surface area contributed by atoms with Gasteiger partial charge in [-0.25, -0.2) is 5.48 Å². The number of aryl methyl sites for hydroxylation is 1. The monoisotopic (exact) mass is 330 g/mol. The van der Waals surface area contributed by atoms with Crippen molar-refractivity contribution in [3.8, 4) is 0 Å². The van der Waals surface area contributed by atoms with Gasteiger partial charge in [0.25, 0.3) is 0 Å². The third-order valence-corrected chi connectivity index (χ3v) is 4.95. The van der Waals surface area contributed by atoms with Crippen LogP contribution in [-0.4, -0.2) is 18.9 Å². The highest BCUT2D eigenvalue weighted by atomic mass is 32.1. The molecule has 1 aliphatic rings. The molecule has 0 bridgehead atoms. The lowest BCUT2D eigenvalue weighted by Crippen LogP contribution is -2.34. The summed E-state index contributed by atoms with van der Waals surface area (Å²) >= 11 is 1.55. The number of thiophene rings is 1. The molecule has 0 radical (unpaired) electrons.